The molecule has 1 fully saturated rings. The minimum atomic E-state index is -1.21. The number of nitrogens with one attached hydrogen (secondary N) is 1. The molecule has 1 aromatic carbocycles. The number of carbonyl (C=O) groups is 3. The van der Waals surface area contributed by atoms with Gasteiger partial charge in [-0.1, -0.05) is 26.0 Å². The van der Waals surface area contributed by atoms with E-state index < -0.39 is 11.9 Å². The molecule has 2 amide bonds. The quantitative estimate of drug-likeness (QED) is 0.847. The van der Waals surface area contributed by atoms with Gasteiger partial charge < -0.3 is 15.3 Å². The normalized spacial score (nSPS) is 19.1. The van der Waals surface area contributed by atoms with E-state index in [1.807, 2.05) is 4.90 Å². The predicted octanol–water partition coefficient (Wildman–Crippen LogP) is 3.15. The molecule has 0 aliphatic carbocycles. The highest BCUT2D eigenvalue weighted by Gasteiger charge is 2.27. The molecule has 7 heteroatoms. The zero-order chi connectivity index (χ0) is 20.3. The average Bonchev–Trinajstić information content (AvgIpc) is 2.67. The number of aromatic nitrogens is 1. The van der Waals surface area contributed by atoms with E-state index in [0.717, 1.165) is 6.42 Å². The van der Waals surface area contributed by atoms with Crippen molar-refractivity contribution < 1.29 is 19.5 Å². The molecule has 2 atom stereocenters. The highest BCUT2D eigenvalue weighted by molar-refractivity contribution is 6.09. The number of carboxylic acid groups (broad SMARTS) is 1. The van der Waals surface area contributed by atoms with Gasteiger partial charge in [-0.2, -0.15) is 0 Å². The Morgan fingerprint density at radius 2 is 1.79 bits per heavy atom. The SMILES string of the molecule is CC1CC(C)CN(C(=O)c2ccccc2NC(=O)c2ccnc(C(=O)O)c2)C1. The number of likely N-dealkylation sites (tertiary alicyclic amines) is 1. The number of carbonyl (C=O) groups excluding carboxylic acids is 2. The Labute approximate surface area is 163 Å². The maximum Gasteiger partial charge on any atom is 0.354 e. The van der Waals surface area contributed by atoms with Crippen LogP contribution in [0.4, 0.5) is 5.69 Å². The number of hydrogen-bond donors (Lipinski definition) is 2. The molecule has 2 heterocycles. The van der Waals surface area contributed by atoms with Gasteiger partial charge in [0.05, 0.1) is 11.3 Å². The van der Waals surface area contributed by atoms with Gasteiger partial charge >= 0.3 is 5.97 Å². The van der Waals surface area contributed by atoms with Crippen LogP contribution in [0.3, 0.4) is 0 Å². The molecule has 0 spiro atoms. The summed E-state index contributed by atoms with van der Waals surface area (Å²) in [5, 5.41) is 11.8. The third-order valence-corrected chi connectivity index (χ3v) is 4.80. The summed E-state index contributed by atoms with van der Waals surface area (Å²) in [7, 11) is 0. The molecule has 7 nitrogen and oxygen atoms in total. The minimum absolute atomic E-state index is 0.116. The second-order valence-electron chi connectivity index (χ2n) is 7.39. The van der Waals surface area contributed by atoms with E-state index in [0.29, 0.717) is 36.2 Å². The van der Waals surface area contributed by atoms with Crippen LogP contribution >= 0.6 is 0 Å². The number of benzene rings is 1. The Morgan fingerprint density at radius 1 is 1.11 bits per heavy atom. The standard InChI is InChI=1S/C21H23N3O4/c1-13-9-14(2)12-24(11-13)20(26)16-5-3-4-6-17(16)23-19(25)15-7-8-22-18(10-15)21(27)28/h3-8,10,13-14H,9,11-12H2,1-2H3,(H,23,25)(H,27,28). The van der Waals surface area contributed by atoms with E-state index in [2.05, 4.69) is 24.1 Å². The lowest BCUT2D eigenvalue weighted by Crippen LogP contribution is -2.42. The van der Waals surface area contributed by atoms with E-state index in [1.165, 1.54) is 18.3 Å². The first-order valence-electron chi connectivity index (χ1n) is 9.24. The smallest absolute Gasteiger partial charge is 0.354 e. The summed E-state index contributed by atoms with van der Waals surface area (Å²) in [6.45, 7) is 5.65. The van der Waals surface area contributed by atoms with Gasteiger partial charge in [-0.3, -0.25) is 9.59 Å². The van der Waals surface area contributed by atoms with Crippen LogP contribution in [0.15, 0.2) is 42.6 Å². The van der Waals surface area contributed by atoms with E-state index in [1.54, 1.807) is 24.3 Å². The number of para-hydroxylation sites is 1. The number of aromatic carboxylic acids is 1. The Kier molecular flexibility index (Phi) is 5.73. The van der Waals surface area contributed by atoms with Crippen molar-refractivity contribution in [2.45, 2.75) is 20.3 Å². The molecule has 2 N–H and O–H groups in total. The lowest BCUT2D eigenvalue weighted by atomic mass is 9.91. The van der Waals surface area contributed by atoms with Crippen LogP contribution in [0, 0.1) is 11.8 Å². The van der Waals surface area contributed by atoms with Gasteiger partial charge in [0.2, 0.25) is 0 Å². The van der Waals surface area contributed by atoms with E-state index in [4.69, 9.17) is 5.11 Å². The van der Waals surface area contributed by atoms with Crippen molar-refractivity contribution in [3.8, 4) is 0 Å². The number of carboxylic acids is 1. The second-order valence-corrected chi connectivity index (χ2v) is 7.39. The fourth-order valence-electron chi connectivity index (χ4n) is 3.66. The Bertz CT molecular complexity index is 902. The third kappa shape index (κ3) is 4.36. The second kappa shape index (κ2) is 8.21. The molecule has 1 aromatic heterocycles. The summed E-state index contributed by atoms with van der Waals surface area (Å²) in [6.07, 6.45) is 2.36. The number of rotatable bonds is 4. The predicted molar refractivity (Wildman–Crippen MR) is 104 cm³/mol. The van der Waals surface area contributed by atoms with Gasteiger partial charge in [0.15, 0.2) is 0 Å². The molecule has 0 radical (unpaired) electrons. The lowest BCUT2D eigenvalue weighted by molar-refractivity contribution is 0.0623. The summed E-state index contributed by atoms with van der Waals surface area (Å²) in [5.74, 6) is -0.958. The van der Waals surface area contributed by atoms with Gasteiger partial charge in [-0.15, -0.1) is 0 Å². The van der Waals surface area contributed by atoms with Crippen LogP contribution in [0.25, 0.3) is 0 Å². The molecule has 1 aliphatic rings. The van der Waals surface area contributed by atoms with Gasteiger partial charge in [-0.05, 0) is 42.5 Å². The van der Waals surface area contributed by atoms with Crippen LogP contribution in [0.2, 0.25) is 0 Å². The van der Waals surface area contributed by atoms with Crippen LogP contribution in [0.5, 0.6) is 0 Å². The first kappa shape index (κ1) is 19.5. The topological polar surface area (TPSA) is 99.6 Å². The van der Waals surface area contributed by atoms with E-state index >= 15 is 0 Å². The lowest BCUT2D eigenvalue weighted by Gasteiger charge is -2.35. The maximum atomic E-state index is 13.1. The van der Waals surface area contributed by atoms with Gasteiger partial charge in [0, 0.05) is 24.8 Å². The molecule has 2 unspecified atom stereocenters. The van der Waals surface area contributed by atoms with E-state index in [9.17, 15) is 14.4 Å². The number of amides is 2. The molecular weight excluding hydrogens is 358 g/mol. The highest BCUT2D eigenvalue weighted by atomic mass is 16.4. The monoisotopic (exact) mass is 381 g/mol. The molecule has 0 saturated carbocycles. The maximum absolute atomic E-state index is 13.1. The largest absolute Gasteiger partial charge is 0.477 e. The van der Waals surface area contributed by atoms with Crippen molar-refractivity contribution in [1.82, 2.24) is 9.88 Å². The number of piperidine rings is 1. The van der Waals surface area contributed by atoms with Crippen molar-refractivity contribution in [1.29, 1.82) is 0 Å². The third-order valence-electron chi connectivity index (χ3n) is 4.80. The summed E-state index contributed by atoms with van der Waals surface area (Å²) >= 11 is 0. The molecule has 0 bridgehead atoms. The number of pyridine rings is 1. The Morgan fingerprint density at radius 3 is 2.46 bits per heavy atom. The first-order chi connectivity index (χ1) is 13.3. The first-order valence-corrected chi connectivity index (χ1v) is 9.24. The van der Waals surface area contributed by atoms with Crippen molar-refractivity contribution in [2.75, 3.05) is 18.4 Å². The van der Waals surface area contributed by atoms with Crippen LogP contribution in [0.1, 0.15) is 51.5 Å². The summed E-state index contributed by atoms with van der Waals surface area (Å²) in [4.78, 5) is 42.2. The van der Waals surface area contributed by atoms with Gasteiger partial charge in [0.1, 0.15) is 5.69 Å². The van der Waals surface area contributed by atoms with Crippen molar-refractivity contribution in [3.05, 3.63) is 59.4 Å². The molecule has 1 aliphatic heterocycles. The number of nitrogens with zero attached hydrogens (tertiary/aromatic N) is 2. The summed E-state index contributed by atoms with van der Waals surface area (Å²) in [5.41, 5.74) is 0.768. The highest BCUT2D eigenvalue weighted by Crippen LogP contribution is 2.25. The molecule has 28 heavy (non-hydrogen) atoms. The number of hydrogen-bond acceptors (Lipinski definition) is 4. The van der Waals surface area contributed by atoms with Gasteiger partial charge in [0.25, 0.3) is 11.8 Å². The van der Waals surface area contributed by atoms with Crippen LogP contribution in [-0.2, 0) is 0 Å². The van der Waals surface area contributed by atoms with Crippen LogP contribution in [-0.4, -0.2) is 45.9 Å². The molecule has 3 rings (SSSR count). The molecule has 2 aromatic rings. The van der Waals surface area contributed by atoms with Crippen molar-refractivity contribution in [2.24, 2.45) is 11.8 Å². The fourth-order valence-corrected chi connectivity index (χ4v) is 3.66. The molecular formula is C21H23N3O4. The van der Waals surface area contributed by atoms with E-state index in [-0.39, 0.29) is 17.2 Å². The van der Waals surface area contributed by atoms with Gasteiger partial charge in [-0.25, -0.2) is 9.78 Å². The molecule has 1 saturated heterocycles. The summed E-state index contributed by atoms with van der Waals surface area (Å²) < 4.78 is 0. The fraction of sp³-hybridized carbons (Fsp3) is 0.333. The summed E-state index contributed by atoms with van der Waals surface area (Å²) in [6, 6.07) is 9.49. The zero-order valence-corrected chi connectivity index (χ0v) is 15.9. The van der Waals surface area contributed by atoms with Crippen molar-refractivity contribution >= 4 is 23.5 Å². The Balaban J connectivity index is 1.82. The molecule has 146 valence electrons. The van der Waals surface area contributed by atoms with Crippen molar-refractivity contribution in [3.63, 3.8) is 0 Å². The zero-order valence-electron chi connectivity index (χ0n) is 15.9. The minimum Gasteiger partial charge on any atom is -0.477 e. The van der Waals surface area contributed by atoms with Crippen LogP contribution < -0.4 is 5.32 Å². The Hall–Kier alpha value is -3.22. The number of anilines is 1. The average molecular weight is 381 g/mol.